The van der Waals surface area contributed by atoms with Crippen molar-refractivity contribution in [2.24, 2.45) is 0 Å². The van der Waals surface area contributed by atoms with Crippen LogP contribution in [0.15, 0.2) is 36.4 Å². The van der Waals surface area contributed by atoms with Gasteiger partial charge < -0.3 is 15.2 Å². The first-order chi connectivity index (χ1) is 10.8. The van der Waals surface area contributed by atoms with Gasteiger partial charge in [-0.2, -0.15) is 0 Å². The van der Waals surface area contributed by atoms with Gasteiger partial charge in [0.05, 0.1) is 18.8 Å². The molecule has 22 heavy (non-hydrogen) atoms. The molecule has 0 atom stereocenters. The van der Waals surface area contributed by atoms with E-state index in [1.807, 2.05) is 30.3 Å². The molecule has 1 fully saturated rings. The van der Waals surface area contributed by atoms with Crippen LogP contribution in [0.1, 0.15) is 10.4 Å². The maximum atomic E-state index is 12.4. The number of carbonyl (C=O) groups is 1. The van der Waals surface area contributed by atoms with Gasteiger partial charge in [0.1, 0.15) is 5.75 Å². The molecule has 3 rings (SSSR count). The van der Waals surface area contributed by atoms with Crippen LogP contribution in [0.4, 0.5) is 0 Å². The Balaban J connectivity index is 1.68. The maximum absolute atomic E-state index is 12.4. The largest absolute Gasteiger partial charge is 0.507 e. The Hall–Kier alpha value is -2.11. The Morgan fingerprint density at radius 2 is 1.95 bits per heavy atom. The van der Waals surface area contributed by atoms with Gasteiger partial charge in [-0.25, -0.2) is 0 Å². The van der Waals surface area contributed by atoms with Crippen molar-refractivity contribution in [3.8, 4) is 5.75 Å². The lowest BCUT2D eigenvalue weighted by Crippen LogP contribution is -2.41. The zero-order chi connectivity index (χ0) is 15.4. The van der Waals surface area contributed by atoms with Gasteiger partial charge in [-0.05, 0) is 16.8 Å². The molecule has 2 N–H and O–H groups in total. The highest BCUT2D eigenvalue weighted by atomic mass is 16.5. The minimum atomic E-state index is -0.234. The number of carbonyl (C=O) groups excluding carboxylic acids is 1. The van der Waals surface area contributed by atoms with Crippen molar-refractivity contribution >= 4 is 16.7 Å². The monoisotopic (exact) mass is 300 g/mol. The van der Waals surface area contributed by atoms with Crippen molar-refractivity contribution in [2.45, 2.75) is 0 Å². The molecule has 2 aromatic carbocycles. The predicted octanol–water partition coefficient (Wildman–Crippen LogP) is 1.61. The van der Waals surface area contributed by atoms with E-state index >= 15 is 0 Å². The highest BCUT2D eigenvalue weighted by molar-refractivity contribution is 6.09. The molecule has 1 saturated heterocycles. The number of hydrogen-bond donors (Lipinski definition) is 2. The highest BCUT2D eigenvalue weighted by Crippen LogP contribution is 2.26. The molecular formula is C17H20N2O3. The molecule has 116 valence electrons. The van der Waals surface area contributed by atoms with E-state index in [2.05, 4.69) is 10.2 Å². The standard InChI is InChI=1S/C17H20N2O3/c20-15-6-5-13-3-1-2-4-14(13)16(15)17(21)18-7-8-19-9-11-22-12-10-19/h1-6,20H,7-12H2,(H,18,21). The fourth-order valence-electron chi connectivity index (χ4n) is 2.74. The number of nitrogens with one attached hydrogen (secondary N) is 1. The van der Waals surface area contributed by atoms with Crippen LogP contribution in [-0.2, 0) is 4.74 Å². The van der Waals surface area contributed by atoms with E-state index in [9.17, 15) is 9.90 Å². The lowest BCUT2D eigenvalue weighted by molar-refractivity contribution is 0.0383. The number of ether oxygens (including phenoxy) is 1. The van der Waals surface area contributed by atoms with E-state index in [0.29, 0.717) is 12.1 Å². The number of benzene rings is 2. The van der Waals surface area contributed by atoms with E-state index in [4.69, 9.17) is 4.74 Å². The summed E-state index contributed by atoms with van der Waals surface area (Å²) in [5, 5.41) is 14.6. The Morgan fingerprint density at radius 1 is 1.18 bits per heavy atom. The van der Waals surface area contributed by atoms with Crippen LogP contribution in [0.5, 0.6) is 5.75 Å². The smallest absolute Gasteiger partial charge is 0.255 e. The lowest BCUT2D eigenvalue weighted by Gasteiger charge is -2.26. The quantitative estimate of drug-likeness (QED) is 0.900. The fraction of sp³-hybridized carbons (Fsp3) is 0.353. The van der Waals surface area contributed by atoms with Gasteiger partial charge >= 0.3 is 0 Å². The van der Waals surface area contributed by atoms with Crippen molar-refractivity contribution in [3.63, 3.8) is 0 Å². The third-order valence-corrected chi connectivity index (χ3v) is 3.95. The number of hydrogen-bond acceptors (Lipinski definition) is 4. The molecule has 0 unspecified atom stereocenters. The number of amides is 1. The van der Waals surface area contributed by atoms with Crippen LogP contribution < -0.4 is 5.32 Å². The van der Waals surface area contributed by atoms with E-state index in [-0.39, 0.29) is 11.7 Å². The summed E-state index contributed by atoms with van der Waals surface area (Å²) >= 11 is 0. The minimum Gasteiger partial charge on any atom is -0.507 e. The predicted molar refractivity (Wildman–Crippen MR) is 85.2 cm³/mol. The SMILES string of the molecule is O=C(NCCN1CCOCC1)c1c(O)ccc2ccccc12. The number of phenols is 1. The van der Waals surface area contributed by atoms with E-state index in [0.717, 1.165) is 43.6 Å². The van der Waals surface area contributed by atoms with E-state index < -0.39 is 0 Å². The van der Waals surface area contributed by atoms with Gasteiger partial charge in [-0.1, -0.05) is 30.3 Å². The molecule has 5 nitrogen and oxygen atoms in total. The van der Waals surface area contributed by atoms with Crippen molar-refractivity contribution < 1.29 is 14.6 Å². The van der Waals surface area contributed by atoms with Crippen molar-refractivity contribution in [3.05, 3.63) is 42.0 Å². The van der Waals surface area contributed by atoms with Crippen LogP contribution in [0.2, 0.25) is 0 Å². The van der Waals surface area contributed by atoms with Crippen molar-refractivity contribution in [2.75, 3.05) is 39.4 Å². The van der Waals surface area contributed by atoms with Crippen LogP contribution in [-0.4, -0.2) is 55.3 Å². The van der Waals surface area contributed by atoms with E-state index in [1.54, 1.807) is 6.07 Å². The van der Waals surface area contributed by atoms with E-state index in [1.165, 1.54) is 0 Å². The Morgan fingerprint density at radius 3 is 2.77 bits per heavy atom. The van der Waals surface area contributed by atoms with Crippen molar-refractivity contribution in [1.29, 1.82) is 0 Å². The summed E-state index contributed by atoms with van der Waals surface area (Å²) in [6.07, 6.45) is 0. The molecule has 0 bridgehead atoms. The second-order valence-corrected chi connectivity index (χ2v) is 5.39. The normalized spacial score (nSPS) is 15.8. The van der Waals surface area contributed by atoms with Crippen molar-refractivity contribution in [1.82, 2.24) is 10.2 Å². The molecule has 1 aliphatic rings. The van der Waals surface area contributed by atoms with Crippen LogP contribution in [0.3, 0.4) is 0 Å². The van der Waals surface area contributed by atoms with Gasteiger partial charge in [0.2, 0.25) is 0 Å². The maximum Gasteiger partial charge on any atom is 0.255 e. The number of phenolic OH excluding ortho intramolecular Hbond substituents is 1. The molecule has 0 aliphatic carbocycles. The summed E-state index contributed by atoms with van der Waals surface area (Å²) in [4.78, 5) is 14.7. The molecule has 0 radical (unpaired) electrons. The topological polar surface area (TPSA) is 61.8 Å². The minimum absolute atomic E-state index is 0.0163. The Bertz CT molecular complexity index is 666. The Kier molecular flexibility index (Phi) is 4.56. The fourth-order valence-corrected chi connectivity index (χ4v) is 2.74. The first kappa shape index (κ1) is 14.8. The first-order valence-corrected chi connectivity index (χ1v) is 7.55. The number of rotatable bonds is 4. The van der Waals surface area contributed by atoms with Crippen LogP contribution in [0, 0.1) is 0 Å². The van der Waals surface area contributed by atoms with Gasteiger partial charge in [-0.15, -0.1) is 0 Å². The molecule has 0 spiro atoms. The van der Waals surface area contributed by atoms with Gasteiger partial charge in [0.15, 0.2) is 0 Å². The molecular weight excluding hydrogens is 280 g/mol. The second kappa shape index (κ2) is 6.77. The highest BCUT2D eigenvalue weighted by Gasteiger charge is 2.15. The summed E-state index contributed by atoms with van der Waals surface area (Å²) in [6, 6.07) is 10.9. The first-order valence-electron chi connectivity index (χ1n) is 7.55. The molecule has 1 aliphatic heterocycles. The average Bonchev–Trinajstić information content (AvgIpc) is 2.55. The third-order valence-electron chi connectivity index (χ3n) is 3.95. The number of aromatic hydroxyl groups is 1. The summed E-state index contributed by atoms with van der Waals surface area (Å²) < 4.78 is 5.30. The van der Waals surface area contributed by atoms with Gasteiger partial charge in [0, 0.05) is 26.2 Å². The summed E-state index contributed by atoms with van der Waals surface area (Å²) in [7, 11) is 0. The summed E-state index contributed by atoms with van der Waals surface area (Å²) in [6.45, 7) is 4.64. The lowest BCUT2D eigenvalue weighted by atomic mass is 10.0. The molecule has 2 aromatic rings. The van der Waals surface area contributed by atoms with Crippen LogP contribution in [0.25, 0.3) is 10.8 Å². The summed E-state index contributed by atoms with van der Waals surface area (Å²) in [5.41, 5.74) is 0.347. The van der Waals surface area contributed by atoms with Gasteiger partial charge in [0.25, 0.3) is 5.91 Å². The number of fused-ring (bicyclic) bond motifs is 1. The third kappa shape index (κ3) is 3.21. The average molecular weight is 300 g/mol. The zero-order valence-corrected chi connectivity index (χ0v) is 12.4. The summed E-state index contributed by atoms with van der Waals surface area (Å²) in [5.74, 6) is -0.217. The molecule has 5 heteroatoms. The molecule has 1 heterocycles. The second-order valence-electron chi connectivity index (χ2n) is 5.39. The molecule has 1 amide bonds. The Labute approximate surface area is 129 Å². The van der Waals surface area contributed by atoms with Gasteiger partial charge in [-0.3, -0.25) is 9.69 Å². The zero-order valence-electron chi connectivity index (χ0n) is 12.4. The number of nitrogens with zero attached hydrogens (tertiary/aromatic N) is 1. The number of morpholine rings is 1. The molecule has 0 aromatic heterocycles. The van der Waals surface area contributed by atoms with Crippen LogP contribution >= 0.6 is 0 Å². The molecule has 0 saturated carbocycles.